The third kappa shape index (κ3) is 6.24. The van der Waals surface area contributed by atoms with Crippen LogP contribution in [0.4, 0.5) is 0 Å². The Balaban J connectivity index is 2.46. The summed E-state index contributed by atoms with van der Waals surface area (Å²) in [6, 6.07) is 0. The van der Waals surface area contributed by atoms with E-state index in [0.717, 1.165) is 6.42 Å². The molecule has 0 spiro atoms. The van der Waals surface area contributed by atoms with E-state index in [1.54, 1.807) is 0 Å². The quantitative estimate of drug-likeness (QED) is 0.494. The van der Waals surface area contributed by atoms with Crippen LogP contribution < -0.4 is 0 Å². The van der Waals surface area contributed by atoms with Crippen molar-refractivity contribution in [1.29, 1.82) is 0 Å². The van der Waals surface area contributed by atoms with E-state index < -0.39 is 0 Å². The van der Waals surface area contributed by atoms with E-state index >= 15 is 0 Å². The van der Waals surface area contributed by atoms with E-state index in [1.165, 1.54) is 19.3 Å². The summed E-state index contributed by atoms with van der Waals surface area (Å²) < 4.78 is 0. The minimum Gasteiger partial charge on any atom is -0.0882 e. The maximum Gasteiger partial charge on any atom is -0.0166 e. The van der Waals surface area contributed by atoms with E-state index in [2.05, 4.69) is 60.8 Å². The van der Waals surface area contributed by atoms with Crippen LogP contribution in [0.15, 0.2) is 60.8 Å². The van der Waals surface area contributed by atoms with Crippen molar-refractivity contribution in [2.75, 3.05) is 0 Å². The van der Waals surface area contributed by atoms with Gasteiger partial charge in [-0.05, 0) is 25.7 Å². The molecule has 0 amide bonds. The minimum atomic E-state index is 1.05. The van der Waals surface area contributed by atoms with Crippen LogP contribution in [0.25, 0.3) is 0 Å². The largest absolute Gasteiger partial charge is 0.0882 e. The molecule has 0 saturated carbocycles. The molecule has 74 valence electrons. The molecule has 0 unspecified atom stereocenters. The van der Waals surface area contributed by atoms with E-state index in [-0.39, 0.29) is 0 Å². The second-order valence-corrected chi connectivity index (χ2v) is 3.26. The molecule has 0 radical (unpaired) electrons. The van der Waals surface area contributed by atoms with Crippen molar-refractivity contribution >= 4 is 0 Å². The van der Waals surface area contributed by atoms with Gasteiger partial charge in [-0.1, -0.05) is 60.8 Å². The molecule has 1 aliphatic rings. The second-order valence-electron chi connectivity index (χ2n) is 3.26. The highest BCUT2D eigenvalue weighted by atomic mass is 13.9. The van der Waals surface area contributed by atoms with Gasteiger partial charge in [-0.15, -0.1) is 0 Å². The zero-order chi connectivity index (χ0) is 9.90. The summed E-state index contributed by atoms with van der Waals surface area (Å²) >= 11 is 0. The Hall–Kier alpha value is -1.30. The minimum absolute atomic E-state index is 1.05. The van der Waals surface area contributed by atoms with Gasteiger partial charge in [0, 0.05) is 0 Å². The van der Waals surface area contributed by atoms with E-state index in [9.17, 15) is 0 Å². The predicted molar refractivity (Wildman–Crippen MR) is 64.2 cm³/mol. The van der Waals surface area contributed by atoms with Gasteiger partial charge in [0.05, 0.1) is 0 Å². The van der Waals surface area contributed by atoms with E-state index in [0.29, 0.717) is 0 Å². The standard InChI is InChI=1S/C14H18/c1-2-4-6-8-10-12-14-13-11-9-7-5-3-1/h1-8,11,13H,9-10,12,14H2. The first-order valence-corrected chi connectivity index (χ1v) is 5.30. The van der Waals surface area contributed by atoms with Crippen LogP contribution in [0, 0.1) is 0 Å². The lowest BCUT2D eigenvalue weighted by molar-refractivity contribution is 0.866. The lowest BCUT2D eigenvalue weighted by atomic mass is 10.2. The van der Waals surface area contributed by atoms with Crippen LogP contribution in [0.5, 0.6) is 0 Å². The van der Waals surface area contributed by atoms with E-state index in [4.69, 9.17) is 0 Å². The van der Waals surface area contributed by atoms with Gasteiger partial charge < -0.3 is 0 Å². The SMILES string of the molecule is C1=CC=CCC=CCCCC=CC=C1. The summed E-state index contributed by atoms with van der Waals surface area (Å²) in [7, 11) is 0. The van der Waals surface area contributed by atoms with Crippen LogP contribution in [0.3, 0.4) is 0 Å². The van der Waals surface area contributed by atoms with Crippen molar-refractivity contribution in [3.8, 4) is 0 Å². The summed E-state index contributed by atoms with van der Waals surface area (Å²) in [5.74, 6) is 0. The zero-order valence-electron chi connectivity index (χ0n) is 8.60. The van der Waals surface area contributed by atoms with Gasteiger partial charge in [-0.3, -0.25) is 0 Å². The Kier molecular flexibility index (Phi) is 6.39. The molecule has 0 aromatic heterocycles. The van der Waals surface area contributed by atoms with Crippen molar-refractivity contribution in [3.63, 3.8) is 0 Å². The topological polar surface area (TPSA) is 0 Å². The average Bonchev–Trinajstić information content (AvgIpc) is 2.22. The average molecular weight is 186 g/mol. The molecule has 0 heteroatoms. The fourth-order valence-corrected chi connectivity index (χ4v) is 1.23. The fraction of sp³-hybridized carbons (Fsp3) is 0.286. The van der Waals surface area contributed by atoms with Gasteiger partial charge in [0.25, 0.3) is 0 Å². The zero-order valence-corrected chi connectivity index (χ0v) is 8.60. The third-order valence-electron chi connectivity index (χ3n) is 2.01. The Bertz CT molecular complexity index is 262. The van der Waals surface area contributed by atoms with Gasteiger partial charge >= 0.3 is 0 Å². The molecule has 0 heterocycles. The monoisotopic (exact) mass is 186 g/mol. The first-order valence-electron chi connectivity index (χ1n) is 5.30. The Morgan fingerprint density at radius 1 is 0.500 bits per heavy atom. The van der Waals surface area contributed by atoms with Crippen molar-refractivity contribution in [2.24, 2.45) is 0 Å². The summed E-state index contributed by atoms with van der Waals surface area (Å²) in [5, 5.41) is 0. The third-order valence-corrected chi connectivity index (χ3v) is 2.01. The van der Waals surface area contributed by atoms with Gasteiger partial charge in [-0.2, -0.15) is 0 Å². The van der Waals surface area contributed by atoms with Crippen LogP contribution in [0.1, 0.15) is 25.7 Å². The van der Waals surface area contributed by atoms with Gasteiger partial charge in [0.2, 0.25) is 0 Å². The Morgan fingerprint density at radius 2 is 1.14 bits per heavy atom. The Labute approximate surface area is 87.0 Å². The molecule has 0 aromatic rings. The fourth-order valence-electron chi connectivity index (χ4n) is 1.23. The smallest absolute Gasteiger partial charge is 0.0166 e. The lowest BCUT2D eigenvalue weighted by Crippen LogP contribution is -1.69. The summed E-state index contributed by atoms with van der Waals surface area (Å²) in [6.45, 7) is 0. The highest BCUT2D eigenvalue weighted by molar-refractivity contribution is 5.15. The molecule has 0 saturated heterocycles. The van der Waals surface area contributed by atoms with E-state index in [1.807, 2.05) is 0 Å². The molecule has 14 heavy (non-hydrogen) atoms. The van der Waals surface area contributed by atoms with Crippen LogP contribution >= 0.6 is 0 Å². The summed E-state index contributed by atoms with van der Waals surface area (Å²) in [6.07, 6.45) is 26.0. The maximum atomic E-state index is 2.27. The molecule has 0 fully saturated rings. The number of hydrogen-bond donors (Lipinski definition) is 0. The van der Waals surface area contributed by atoms with Crippen molar-refractivity contribution in [3.05, 3.63) is 60.8 Å². The predicted octanol–water partition coefficient (Wildman–Crippen LogP) is 4.34. The molecular formula is C14H18. The maximum absolute atomic E-state index is 2.27. The van der Waals surface area contributed by atoms with Crippen molar-refractivity contribution < 1.29 is 0 Å². The highest BCUT2D eigenvalue weighted by Gasteiger charge is 1.79. The summed E-state index contributed by atoms with van der Waals surface area (Å²) in [4.78, 5) is 0. The molecule has 0 nitrogen and oxygen atoms in total. The number of rotatable bonds is 0. The highest BCUT2D eigenvalue weighted by Crippen LogP contribution is 2.00. The Morgan fingerprint density at radius 3 is 2.00 bits per heavy atom. The van der Waals surface area contributed by atoms with Gasteiger partial charge in [0.1, 0.15) is 0 Å². The van der Waals surface area contributed by atoms with Gasteiger partial charge in [0.15, 0.2) is 0 Å². The normalized spacial score (nSPS) is 18.3. The van der Waals surface area contributed by atoms with Crippen molar-refractivity contribution in [1.82, 2.24) is 0 Å². The molecule has 1 rings (SSSR count). The molecule has 1 aliphatic carbocycles. The molecule has 0 N–H and O–H groups in total. The first-order chi connectivity index (χ1) is 7.00. The number of hydrogen-bond acceptors (Lipinski definition) is 0. The summed E-state index contributed by atoms with van der Waals surface area (Å²) in [5.41, 5.74) is 0. The molecule has 0 atom stereocenters. The molecule has 0 bridgehead atoms. The van der Waals surface area contributed by atoms with Crippen LogP contribution in [-0.2, 0) is 0 Å². The van der Waals surface area contributed by atoms with Crippen LogP contribution in [0.2, 0.25) is 0 Å². The molecular weight excluding hydrogens is 168 g/mol. The van der Waals surface area contributed by atoms with Crippen molar-refractivity contribution in [2.45, 2.75) is 25.7 Å². The molecule has 0 aromatic carbocycles. The second kappa shape index (κ2) is 8.31. The van der Waals surface area contributed by atoms with Crippen LogP contribution in [-0.4, -0.2) is 0 Å². The first kappa shape index (κ1) is 10.8. The number of allylic oxidation sites excluding steroid dienone is 10. The molecule has 0 aliphatic heterocycles. The van der Waals surface area contributed by atoms with Gasteiger partial charge in [-0.25, -0.2) is 0 Å². The lowest BCUT2D eigenvalue weighted by Gasteiger charge is -1.89.